The third kappa shape index (κ3) is 1.95. The molecule has 3 N–H and O–H groups in total. The van der Waals surface area contributed by atoms with Crippen LogP contribution >= 0.6 is 0 Å². The summed E-state index contributed by atoms with van der Waals surface area (Å²) >= 11 is 0. The summed E-state index contributed by atoms with van der Waals surface area (Å²) in [5.74, 6) is -1.51. The van der Waals surface area contributed by atoms with Crippen molar-refractivity contribution in [2.45, 2.75) is 6.92 Å². The van der Waals surface area contributed by atoms with Crippen LogP contribution in [0, 0.1) is 18.3 Å². The van der Waals surface area contributed by atoms with Crippen LogP contribution in [0.15, 0.2) is 18.2 Å². The number of rotatable bonds is 2. The summed E-state index contributed by atoms with van der Waals surface area (Å²) in [5.41, 5.74) is 0.139. The molecule has 7 heteroatoms. The molecular formula is C12H9N3O4. The predicted octanol–water partition coefficient (Wildman–Crippen LogP) is 1.37. The third-order valence-corrected chi connectivity index (χ3v) is 2.61. The van der Waals surface area contributed by atoms with E-state index in [9.17, 15) is 15.1 Å². The number of hydrogen-bond acceptors (Lipinski definition) is 5. The van der Waals surface area contributed by atoms with Gasteiger partial charge in [-0.05, 0) is 25.1 Å². The predicted molar refractivity (Wildman–Crippen MR) is 62.9 cm³/mol. The summed E-state index contributed by atoms with van der Waals surface area (Å²) in [7, 11) is 0. The topological polar surface area (TPSA) is 119 Å². The van der Waals surface area contributed by atoms with E-state index in [-0.39, 0.29) is 28.5 Å². The van der Waals surface area contributed by atoms with Gasteiger partial charge in [-0.3, -0.25) is 0 Å². The Bertz CT molecular complexity index is 712. The lowest BCUT2D eigenvalue weighted by Gasteiger charge is -2.03. The number of benzene rings is 1. The molecule has 0 aliphatic carbocycles. The van der Waals surface area contributed by atoms with Crippen molar-refractivity contribution in [2.24, 2.45) is 0 Å². The number of carboxylic acids is 1. The normalized spacial score (nSPS) is 10.1. The Morgan fingerprint density at radius 3 is 2.68 bits per heavy atom. The molecule has 19 heavy (non-hydrogen) atoms. The molecule has 0 fully saturated rings. The molecule has 2 aromatic rings. The van der Waals surface area contributed by atoms with Crippen LogP contribution in [0.25, 0.3) is 11.4 Å². The van der Waals surface area contributed by atoms with Crippen LogP contribution in [0.3, 0.4) is 0 Å². The van der Waals surface area contributed by atoms with Crippen LogP contribution in [-0.2, 0) is 0 Å². The van der Waals surface area contributed by atoms with Crippen molar-refractivity contribution in [2.75, 3.05) is 0 Å². The van der Waals surface area contributed by atoms with Crippen LogP contribution in [0.4, 0.5) is 0 Å². The number of nitrogens with zero attached hydrogens (tertiary/aromatic N) is 3. The van der Waals surface area contributed by atoms with Gasteiger partial charge in [0.25, 0.3) is 0 Å². The van der Waals surface area contributed by atoms with Gasteiger partial charge < -0.3 is 15.4 Å². The molecule has 0 unspecified atom stereocenters. The monoisotopic (exact) mass is 259 g/mol. The highest BCUT2D eigenvalue weighted by Crippen LogP contribution is 2.26. The molecule has 1 heterocycles. The number of carboxylic acid groups (broad SMARTS) is 1. The van der Waals surface area contributed by atoms with Gasteiger partial charge in [0.2, 0.25) is 0 Å². The van der Waals surface area contributed by atoms with E-state index in [0.717, 1.165) is 0 Å². The molecule has 0 saturated heterocycles. The van der Waals surface area contributed by atoms with Crippen molar-refractivity contribution in [3.8, 4) is 23.2 Å². The van der Waals surface area contributed by atoms with Crippen molar-refractivity contribution in [3.63, 3.8) is 0 Å². The molecule has 0 atom stereocenters. The van der Waals surface area contributed by atoms with Gasteiger partial charge in [-0.15, -0.1) is 0 Å². The molecule has 96 valence electrons. The Balaban J connectivity index is 2.64. The molecule has 0 saturated carbocycles. The molecule has 0 radical (unpaired) electrons. The van der Waals surface area contributed by atoms with Crippen LogP contribution in [0.2, 0.25) is 0 Å². The number of aryl methyl sites for hydroxylation is 1. The molecule has 7 nitrogen and oxygen atoms in total. The maximum Gasteiger partial charge on any atom is 0.357 e. The quantitative estimate of drug-likeness (QED) is 0.700. The van der Waals surface area contributed by atoms with Gasteiger partial charge in [0.1, 0.15) is 11.8 Å². The minimum absolute atomic E-state index is 0.00796. The number of phenolic OH excluding ortho intramolecular Hbond substituents is 1. The molecule has 0 bridgehead atoms. The number of carbonyl (C=O) groups is 1. The standard InChI is InChI=1S/C12H9N3O4/c1-6-10(12(17)18)15(19)11(14-6)7-2-3-9(16)8(4-7)5-13/h2-4,16,19H,1H3,(H,17,18). The van der Waals surface area contributed by atoms with Crippen LogP contribution in [-0.4, -0.2) is 31.1 Å². The smallest absolute Gasteiger partial charge is 0.357 e. The van der Waals surface area contributed by atoms with Crippen molar-refractivity contribution in [1.82, 2.24) is 9.71 Å². The second-order valence-electron chi connectivity index (χ2n) is 3.83. The Morgan fingerprint density at radius 2 is 2.16 bits per heavy atom. The number of aromatic carboxylic acids is 1. The Hall–Kier alpha value is -3.01. The number of phenols is 1. The lowest BCUT2D eigenvalue weighted by Crippen LogP contribution is -2.07. The maximum absolute atomic E-state index is 11.0. The summed E-state index contributed by atoms with van der Waals surface area (Å²) in [6.07, 6.45) is 0. The van der Waals surface area contributed by atoms with Crippen molar-refractivity contribution in [1.29, 1.82) is 5.26 Å². The van der Waals surface area contributed by atoms with E-state index in [0.29, 0.717) is 10.3 Å². The lowest BCUT2D eigenvalue weighted by atomic mass is 10.1. The number of imidazole rings is 1. The average Bonchev–Trinajstić information content (AvgIpc) is 2.65. The Kier molecular flexibility index (Phi) is 2.85. The van der Waals surface area contributed by atoms with E-state index in [1.165, 1.54) is 25.1 Å². The van der Waals surface area contributed by atoms with E-state index < -0.39 is 5.97 Å². The second kappa shape index (κ2) is 4.34. The van der Waals surface area contributed by atoms with E-state index in [1.807, 2.05) is 0 Å². The van der Waals surface area contributed by atoms with E-state index in [4.69, 9.17) is 10.4 Å². The highest BCUT2D eigenvalue weighted by Gasteiger charge is 2.21. The van der Waals surface area contributed by atoms with Gasteiger partial charge in [-0.1, -0.05) is 0 Å². The first-order chi connectivity index (χ1) is 8.95. The van der Waals surface area contributed by atoms with Crippen LogP contribution < -0.4 is 0 Å². The van der Waals surface area contributed by atoms with Crippen molar-refractivity contribution < 1.29 is 20.2 Å². The number of aromatic nitrogens is 2. The SMILES string of the molecule is Cc1nc(-c2ccc(O)c(C#N)c2)n(O)c1C(=O)O. The zero-order valence-corrected chi connectivity index (χ0v) is 9.82. The van der Waals surface area contributed by atoms with Gasteiger partial charge in [-0.2, -0.15) is 9.99 Å². The molecule has 2 rings (SSSR count). The number of aromatic hydroxyl groups is 1. The highest BCUT2D eigenvalue weighted by molar-refractivity contribution is 5.88. The summed E-state index contributed by atoms with van der Waals surface area (Å²) < 4.78 is 0.450. The Morgan fingerprint density at radius 1 is 1.47 bits per heavy atom. The van der Waals surface area contributed by atoms with Gasteiger partial charge in [0.05, 0.1) is 11.3 Å². The van der Waals surface area contributed by atoms with E-state index in [2.05, 4.69) is 4.98 Å². The zero-order valence-electron chi connectivity index (χ0n) is 9.82. The molecule has 0 aliphatic rings. The fourth-order valence-electron chi connectivity index (χ4n) is 1.72. The van der Waals surface area contributed by atoms with Gasteiger partial charge in [0.15, 0.2) is 11.5 Å². The average molecular weight is 259 g/mol. The van der Waals surface area contributed by atoms with Gasteiger partial charge in [0, 0.05) is 5.56 Å². The summed E-state index contributed by atoms with van der Waals surface area (Å²) in [6, 6.07) is 5.80. The molecule has 1 aromatic heterocycles. The number of nitriles is 1. The summed E-state index contributed by atoms with van der Waals surface area (Å²) in [4.78, 5) is 14.9. The summed E-state index contributed by atoms with van der Waals surface area (Å²) in [6.45, 7) is 1.45. The molecule has 1 aromatic carbocycles. The van der Waals surface area contributed by atoms with Gasteiger partial charge in [-0.25, -0.2) is 9.78 Å². The maximum atomic E-state index is 11.0. The summed E-state index contributed by atoms with van der Waals surface area (Å²) in [5, 5.41) is 36.9. The number of hydrogen-bond donors (Lipinski definition) is 3. The molecule has 0 aliphatic heterocycles. The first-order valence-corrected chi connectivity index (χ1v) is 5.21. The van der Waals surface area contributed by atoms with Crippen LogP contribution in [0.1, 0.15) is 21.7 Å². The molecule has 0 amide bonds. The second-order valence-corrected chi connectivity index (χ2v) is 3.83. The van der Waals surface area contributed by atoms with E-state index in [1.54, 1.807) is 6.07 Å². The fourth-order valence-corrected chi connectivity index (χ4v) is 1.72. The van der Waals surface area contributed by atoms with E-state index >= 15 is 0 Å². The molecular weight excluding hydrogens is 250 g/mol. The zero-order chi connectivity index (χ0) is 14.2. The fraction of sp³-hybridized carbons (Fsp3) is 0.0833. The largest absolute Gasteiger partial charge is 0.507 e. The van der Waals surface area contributed by atoms with Crippen LogP contribution in [0.5, 0.6) is 5.75 Å². The Labute approximate surface area is 107 Å². The first-order valence-electron chi connectivity index (χ1n) is 5.21. The van der Waals surface area contributed by atoms with Crippen molar-refractivity contribution >= 4 is 5.97 Å². The van der Waals surface area contributed by atoms with Gasteiger partial charge >= 0.3 is 5.97 Å². The lowest BCUT2D eigenvalue weighted by molar-refractivity contribution is 0.0645. The minimum atomic E-state index is -1.31. The van der Waals surface area contributed by atoms with Crippen molar-refractivity contribution in [3.05, 3.63) is 35.2 Å². The highest BCUT2D eigenvalue weighted by atomic mass is 16.5. The minimum Gasteiger partial charge on any atom is -0.507 e. The first kappa shape index (κ1) is 12.4. The third-order valence-electron chi connectivity index (χ3n) is 2.61. The molecule has 0 spiro atoms.